The Balaban J connectivity index is 1.33. The first-order chi connectivity index (χ1) is 15.1. The molecular weight excluding hydrogens is 398 g/mol. The van der Waals surface area contributed by atoms with Crippen molar-refractivity contribution in [1.82, 2.24) is 24.8 Å². The standard InChI is InChI=1S/C22H25N5O4/c1-26-19(16-5-3-4-6-17(16)24-26)22(28)27-11-12-30-18(13-27)21-23-20(25-31-21)14-7-9-15(29-2)10-8-14/h7-10,18H,3-6,11-13H2,1-2H3. The van der Waals surface area contributed by atoms with E-state index in [2.05, 4.69) is 15.2 Å². The molecule has 9 heteroatoms. The summed E-state index contributed by atoms with van der Waals surface area (Å²) in [6.45, 7) is 1.30. The summed E-state index contributed by atoms with van der Waals surface area (Å²) in [5.74, 6) is 1.59. The van der Waals surface area contributed by atoms with E-state index in [4.69, 9.17) is 14.0 Å². The number of carbonyl (C=O) groups excluding carboxylic acids is 1. The lowest BCUT2D eigenvalue weighted by Gasteiger charge is -2.31. The molecule has 3 heterocycles. The normalized spacial score (nSPS) is 18.6. The van der Waals surface area contributed by atoms with Crippen LogP contribution in [0.1, 0.15) is 46.6 Å². The number of hydrogen-bond acceptors (Lipinski definition) is 7. The van der Waals surface area contributed by atoms with Crippen molar-refractivity contribution in [2.75, 3.05) is 26.8 Å². The number of carbonyl (C=O) groups is 1. The van der Waals surface area contributed by atoms with Gasteiger partial charge < -0.3 is 18.9 Å². The van der Waals surface area contributed by atoms with Crippen LogP contribution in [-0.4, -0.2) is 57.5 Å². The smallest absolute Gasteiger partial charge is 0.272 e. The zero-order chi connectivity index (χ0) is 21.4. The topological polar surface area (TPSA) is 95.5 Å². The molecule has 1 atom stereocenters. The predicted octanol–water partition coefficient (Wildman–Crippen LogP) is 2.57. The zero-order valence-corrected chi connectivity index (χ0v) is 17.7. The third-order valence-corrected chi connectivity index (χ3v) is 5.94. The van der Waals surface area contributed by atoms with E-state index >= 15 is 0 Å². The zero-order valence-electron chi connectivity index (χ0n) is 17.7. The van der Waals surface area contributed by atoms with Gasteiger partial charge in [-0.05, 0) is 49.9 Å². The maximum atomic E-state index is 13.3. The first-order valence-corrected chi connectivity index (χ1v) is 10.6. The summed E-state index contributed by atoms with van der Waals surface area (Å²) in [7, 11) is 3.47. The van der Waals surface area contributed by atoms with E-state index in [9.17, 15) is 4.79 Å². The Kier molecular flexibility index (Phi) is 5.19. The molecule has 2 aromatic heterocycles. The SMILES string of the molecule is COc1ccc(-c2noc(C3CN(C(=O)c4c5c(nn4C)CCCC5)CCO3)n2)cc1. The van der Waals surface area contributed by atoms with Crippen LogP contribution in [0.2, 0.25) is 0 Å². The fourth-order valence-electron chi connectivity index (χ4n) is 4.30. The maximum absolute atomic E-state index is 13.3. The van der Waals surface area contributed by atoms with Gasteiger partial charge in [-0.3, -0.25) is 9.48 Å². The molecule has 2 aliphatic rings. The number of amides is 1. The Hall–Kier alpha value is -3.20. The molecule has 5 rings (SSSR count). The largest absolute Gasteiger partial charge is 0.497 e. The van der Waals surface area contributed by atoms with E-state index in [-0.39, 0.29) is 5.91 Å². The quantitative estimate of drug-likeness (QED) is 0.636. The van der Waals surface area contributed by atoms with Crippen LogP contribution >= 0.6 is 0 Å². The van der Waals surface area contributed by atoms with Crippen molar-refractivity contribution in [3.05, 3.63) is 47.1 Å². The third kappa shape index (κ3) is 3.69. The van der Waals surface area contributed by atoms with Gasteiger partial charge in [0.15, 0.2) is 6.10 Å². The number of fused-ring (bicyclic) bond motifs is 1. The molecule has 1 aliphatic carbocycles. The van der Waals surface area contributed by atoms with Gasteiger partial charge in [0, 0.05) is 24.7 Å². The number of nitrogens with zero attached hydrogens (tertiary/aromatic N) is 5. The Bertz CT molecular complexity index is 1090. The second kappa shape index (κ2) is 8.14. The van der Waals surface area contributed by atoms with Gasteiger partial charge in [-0.15, -0.1) is 0 Å². The van der Waals surface area contributed by atoms with Gasteiger partial charge in [-0.2, -0.15) is 10.1 Å². The highest BCUT2D eigenvalue weighted by Crippen LogP contribution is 2.28. The van der Waals surface area contributed by atoms with Crippen LogP contribution in [0.25, 0.3) is 11.4 Å². The van der Waals surface area contributed by atoms with Gasteiger partial charge in [0.25, 0.3) is 11.8 Å². The van der Waals surface area contributed by atoms with Crippen LogP contribution < -0.4 is 4.74 Å². The Morgan fingerprint density at radius 2 is 2.00 bits per heavy atom. The third-order valence-electron chi connectivity index (χ3n) is 5.94. The van der Waals surface area contributed by atoms with Crippen LogP contribution in [0.3, 0.4) is 0 Å². The van der Waals surface area contributed by atoms with E-state index < -0.39 is 6.10 Å². The van der Waals surface area contributed by atoms with Gasteiger partial charge in [0.1, 0.15) is 11.4 Å². The summed E-state index contributed by atoms with van der Waals surface area (Å²) in [5, 5.41) is 8.67. The fourth-order valence-corrected chi connectivity index (χ4v) is 4.30. The highest BCUT2D eigenvalue weighted by molar-refractivity contribution is 5.94. The number of rotatable bonds is 4. The lowest BCUT2D eigenvalue weighted by Crippen LogP contribution is -2.43. The number of aryl methyl sites for hydroxylation is 2. The molecule has 0 spiro atoms. The Morgan fingerprint density at radius 3 is 2.81 bits per heavy atom. The van der Waals surface area contributed by atoms with Gasteiger partial charge in [-0.1, -0.05) is 5.16 Å². The van der Waals surface area contributed by atoms with Crippen molar-refractivity contribution in [3.8, 4) is 17.1 Å². The minimum absolute atomic E-state index is 0.0126. The van der Waals surface area contributed by atoms with Gasteiger partial charge >= 0.3 is 0 Å². The van der Waals surface area contributed by atoms with Crippen molar-refractivity contribution < 1.29 is 18.8 Å². The van der Waals surface area contributed by atoms with Gasteiger partial charge in [0.05, 0.1) is 26.0 Å². The van der Waals surface area contributed by atoms with Gasteiger partial charge in [-0.25, -0.2) is 0 Å². The summed E-state index contributed by atoms with van der Waals surface area (Å²) in [4.78, 5) is 19.7. The molecule has 31 heavy (non-hydrogen) atoms. The molecule has 162 valence electrons. The van der Waals surface area contributed by atoms with Crippen LogP contribution in [0.4, 0.5) is 0 Å². The minimum atomic E-state index is -0.457. The molecule has 1 aromatic carbocycles. The Labute approximate surface area is 179 Å². The van der Waals surface area contributed by atoms with E-state index in [1.807, 2.05) is 31.3 Å². The summed E-state index contributed by atoms with van der Waals surface area (Å²) >= 11 is 0. The van der Waals surface area contributed by atoms with Crippen LogP contribution in [0.5, 0.6) is 5.75 Å². The molecule has 9 nitrogen and oxygen atoms in total. The fraction of sp³-hybridized carbons (Fsp3) is 0.455. The average Bonchev–Trinajstić information content (AvgIpc) is 3.43. The second-order valence-electron chi connectivity index (χ2n) is 7.90. The molecule has 1 unspecified atom stereocenters. The molecule has 0 saturated carbocycles. The molecule has 0 radical (unpaired) electrons. The molecule has 1 aliphatic heterocycles. The van der Waals surface area contributed by atoms with Crippen LogP contribution in [-0.2, 0) is 24.6 Å². The number of morpholine rings is 1. The van der Waals surface area contributed by atoms with E-state index in [0.717, 1.165) is 48.3 Å². The number of aromatic nitrogens is 4. The van der Waals surface area contributed by atoms with Crippen LogP contribution in [0, 0.1) is 0 Å². The second-order valence-corrected chi connectivity index (χ2v) is 7.90. The average molecular weight is 423 g/mol. The molecule has 3 aromatic rings. The van der Waals surface area contributed by atoms with Crippen molar-refractivity contribution >= 4 is 5.91 Å². The predicted molar refractivity (Wildman–Crippen MR) is 111 cm³/mol. The summed E-state index contributed by atoms with van der Waals surface area (Å²) in [6, 6.07) is 7.43. The molecule has 1 saturated heterocycles. The van der Waals surface area contributed by atoms with Crippen molar-refractivity contribution in [3.63, 3.8) is 0 Å². The highest BCUT2D eigenvalue weighted by Gasteiger charge is 2.33. The molecule has 1 amide bonds. The summed E-state index contributed by atoms with van der Waals surface area (Å²) < 4.78 is 18.3. The molecule has 1 fully saturated rings. The molecule has 0 N–H and O–H groups in total. The van der Waals surface area contributed by atoms with Crippen molar-refractivity contribution in [2.45, 2.75) is 31.8 Å². The lowest BCUT2D eigenvalue weighted by molar-refractivity contribution is -0.0370. The Morgan fingerprint density at radius 1 is 1.19 bits per heavy atom. The number of hydrogen-bond donors (Lipinski definition) is 0. The minimum Gasteiger partial charge on any atom is -0.497 e. The van der Waals surface area contributed by atoms with Crippen LogP contribution in [0.15, 0.2) is 28.8 Å². The van der Waals surface area contributed by atoms with E-state index in [1.165, 1.54) is 0 Å². The number of ether oxygens (including phenoxy) is 2. The van der Waals surface area contributed by atoms with E-state index in [1.54, 1.807) is 16.7 Å². The lowest BCUT2D eigenvalue weighted by atomic mass is 9.95. The van der Waals surface area contributed by atoms with Crippen molar-refractivity contribution in [2.24, 2.45) is 7.05 Å². The number of benzene rings is 1. The summed E-state index contributed by atoms with van der Waals surface area (Å²) in [6.07, 6.45) is 3.62. The van der Waals surface area contributed by atoms with Crippen molar-refractivity contribution in [1.29, 1.82) is 0 Å². The summed E-state index contributed by atoms with van der Waals surface area (Å²) in [5.41, 5.74) is 3.67. The monoisotopic (exact) mass is 423 g/mol. The van der Waals surface area contributed by atoms with Gasteiger partial charge in [0.2, 0.25) is 5.82 Å². The maximum Gasteiger partial charge on any atom is 0.272 e. The number of methoxy groups -OCH3 is 1. The van der Waals surface area contributed by atoms with E-state index in [0.29, 0.717) is 37.1 Å². The first-order valence-electron chi connectivity index (χ1n) is 10.6. The molecule has 0 bridgehead atoms. The molecular formula is C22H25N5O4. The highest BCUT2D eigenvalue weighted by atomic mass is 16.5. The first kappa shape index (κ1) is 19.7.